The molecule has 0 aliphatic rings. The third-order valence-corrected chi connectivity index (χ3v) is 4.57. The van der Waals surface area contributed by atoms with E-state index in [-0.39, 0.29) is 17.2 Å². The van der Waals surface area contributed by atoms with E-state index in [1.807, 2.05) is 30.3 Å². The Balaban J connectivity index is 1.87. The van der Waals surface area contributed by atoms with Crippen LogP contribution in [0.1, 0.15) is 52.1 Å². The number of hydrogen-bond acceptors (Lipinski definition) is 4. The highest BCUT2D eigenvalue weighted by Crippen LogP contribution is 2.24. The second-order valence-electron chi connectivity index (χ2n) is 6.54. The van der Waals surface area contributed by atoms with Gasteiger partial charge in [0.05, 0.1) is 12.1 Å². The maximum atomic E-state index is 12.0. The molecule has 0 unspecified atom stereocenters. The van der Waals surface area contributed by atoms with Gasteiger partial charge in [-0.25, -0.2) is 14.5 Å². The number of carboxylic acids is 1. The van der Waals surface area contributed by atoms with Gasteiger partial charge < -0.3 is 5.11 Å². The Kier molecular flexibility index (Phi) is 6.20. The third kappa shape index (κ3) is 4.58. The van der Waals surface area contributed by atoms with E-state index < -0.39 is 5.97 Å². The van der Waals surface area contributed by atoms with Crippen LogP contribution in [0.25, 0.3) is 11.1 Å². The summed E-state index contributed by atoms with van der Waals surface area (Å²) >= 11 is 0. The number of rotatable bonds is 8. The number of Topliss-reactive ketones (excluding diaryl/α,β-unsaturated/α-hetero) is 1. The zero-order valence-corrected chi connectivity index (χ0v) is 16.1. The standard InChI is InChI=1S/C23H21N3O3/c1-3-5-10-21-24-22(20(27)4-2)25-26(21)15-16-11-13-17(14-12-16)18-8-6-7-9-19(18)23(28)29/h1,6-9,11-14H,4-5,10,15H2,2H3,(H,28,29). The molecule has 0 amide bonds. The number of carboxylic acid groups (broad SMARTS) is 1. The van der Waals surface area contributed by atoms with Crippen molar-refractivity contribution in [2.75, 3.05) is 0 Å². The van der Waals surface area contributed by atoms with Crippen LogP contribution in [-0.2, 0) is 13.0 Å². The predicted octanol–water partition coefficient (Wildman–Crippen LogP) is 3.85. The third-order valence-electron chi connectivity index (χ3n) is 4.57. The number of aromatic carboxylic acids is 1. The number of benzene rings is 2. The fourth-order valence-electron chi connectivity index (χ4n) is 3.03. The predicted molar refractivity (Wildman–Crippen MR) is 110 cm³/mol. The summed E-state index contributed by atoms with van der Waals surface area (Å²) in [6.07, 6.45) is 6.77. The van der Waals surface area contributed by atoms with E-state index in [0.29, 0.717) is 37.2 Å². The lowest BCUT2D eigenvalue weighted by molar-refractivity contribution is 0.0697. The van der Waals surface area contributed by atoms with E-state index in [4.69, 9.17) is 6.42 Å². The van der Waals surface area contributed by atoms with Gasteiger partial charge in [-0.2, -0.15) is 0 Å². The van der Waals surface area contributed by atoms with Crippen molar-refractivity contribution in [3.8, 4) is 23.5 Å². The van der Waals surface area contributed by atoms with Crippen molar-refractivity contribution in [2.45, 2.75) is 32.7 Å². The highest BCUT2D eigenvalue weighted by molar-refractivity contribution is 5.96. The number of ketones is 1. The van der Waals surface area contributed by atoms with Crippen LogP contribution < -0.4 is 0 Å². The molecule has 0 spiro atoms. The van der Waals surface area contributed by atoms with E-state index >= 15 is 0 Å². The van der Waals surface area contributed by atoms with Crippen molar-refractivity contribution in [3.05, 3.63) is 71.3 Å². The number of carbonyl (C=O) groups is 2. The zero-order valence-electron chi connectivity index (χ0n) is 16.1. The number of aryl methyl sites for hydroxylation is 1. The van der Waals surface area contributed by atoms with Crippen molar-refractivity contribution in [2.24, 2.45) is 0 Å². The number of nitrogens with zero attached hydrogens (tertiary/aromatic N) is 3. The van der Waals surface area contributed by atoms with Gasteiger partial charge in [-0.1, -0.05) is 49.4 Å². The quantitative estimate of drug-likeness (QED) is 0.469. The van der Waals surface area contributed by atoms with Crippen molar-refractivity contribution in [3.63, 3.8) is 0 Å². The molecule has 0 aliphatic carbocycles. The van der Waals surface area contributed by atoms with E-state index in [9.17, 15) is 14.7 Å². The largest absolute Gasteiger partial charge is 0.478 e. The molecule has 0 radical (unpaired) electrons. The fourth-order valence-corrected chi connectivity index (χ4v) is 3.03. The van der Waals surface area contributed by atoms with Gasteiger partial charge in [0.1, 0.15) is 5.82 Å². The van der Waals surface area contributed by atoms with Crippen LogP contribution in [0.15, 0.2) is 48.5 Å². The highest BCUT2D eigenvalue weighted by Gasteiger charge is 2.15. The van der Waals surface area contributed by atoms with Gasteiger partial charge in [0.25, 0.3) is 0 Å². The summed E-state index contributed by atoms with van der Waals surface area (Å²) in [6, 6.07) is 14.5. The first kappa shape index (κ1) is 20.0. The Bertz CT molecular complexity index is 1080. The lowest BCUT2D eigenvalue weighted by atomic mass is 9.99. The van der Waals surface area contributed by atoms with Gasteiger partial charge in [0, 0.05) is 19.3 Å². The van der Waals surface area contributed by atoms with Crippen molar-refractivity contribution < 1.29 is 14.7 Å². The normalized spacial score (nSPS) is 10.5. The molecule has 0 saturated heterocycles. The molecule has 1 heterocycles. The average molecular weight is 387 g/mol. The van der Waals surface area contributed by atoms with E-state index in [1.54, 1.807) is 29.8 Å². The van der Waals surface area contributed by atoms with Gasteiger partial charge >= 0.3 is 5.97 Å². The smallest absolute Gasteiger partial charge is 0.336 e. The molecule has 2 aromatic carbocycles. The molecule has 1 aromatic heterocycles. The zero-order chi connectivity index (χ0) is 20.8. The van der Waals surface area contributed by atoms with Crippen LogP contribution in [0.4, 0.5) is 0 Å². The molecule has 0 bridgehead atoms. The molecule has 6 nitrogen and oxygen atoms in total. The number of hydrogen-bond donors (Lipinski definition) is 1. The second kappa shape index (κ2) is 8.98. The molecule has 6 heteroatoms. The van der Waals surface area contributed by atoms with Crippen LogP contribution >= 0.6 is 0 Å². The second-order valence-corrected chi connectivity index (χ2v) is 6.54. The minimum atomic E-state index is -0.960. The monoisotopic (exact) mass is 387 g/mol. The summed E-state index contributed by atoms with van der Waals surface area (Å²) < 4.78 is 1.71. The first-order chi connectivity index (χ1) is 14.0. The van der Waals surface area contributed by atoms with Gasteiger partial charge in [-0.15, -0.1) is 17.4 Å². The lowest BCUT2D eigenvalue weighted by Crippen LogP contribution is -2.08. The van der Waals surface area contributed by atoms with Gasteiger partial charge in [-0.05, 0) is 22.8 Å². The van der Waals surface area contributed by atoms with Gasteiger partial charge in [0.2, 0.25) is 11.6 Å². The lowest BCUT2D eigenvalue weighted by Gasteiger charge is -2.09. The van der Waals surface area contributed by atoms with Gasteiger partial charge in [0.15, 0.2) is 0 Å². The maximum Gasteiger partial charge on any atom is 0.336 e. The topological polar surface area (TPSA) is 85.1 Å². The summed E-state index contributed by atoms with van der Waals surface area (Å²) in [5, 5.41) is 13.7. The average Bonchev–Trinajstić information content (AvgIpc) is 3.14. The van der Waals surface area contributed by atoms with Crippen LogP contribution in [0.5, 0.6) is 0 Å². The first-order valence-electron chi connectivity index (χ1n) is 9.35. The summed E-state index contributed by atoms with van der Waals surface area (Å²) in [5.74, 6) is 2.42. The molecular weight excluding hydrogens is 366 g/mol. The Morgan fingerprint density at radius 2 is 1.86 bits per heavy atom. The molecule has 0 aliphatic heterocycles. The molecule has 29 heavy (non-hydrogen) atoms. The molecule has 0 atom stereocenters. The Morgan fingerprint density at radius 3 is 2.52 bits per heavy atom. The maximum absolute atomic E-state index is 12.0. The SMILES string of the molecule is C#CCCc1nc(C(=O)CC)nn1Cc1ccc(-c2ccccc2C(=O)O)cc1. The van der Waals surface area contributed by atoms with Crippen molar-refractivity contribution in [1.29, 1.82) is 0 Å². The summed E-state index contributed by atoms with van der Waals surface area (Å²) in [5.41, 5.74) is 2.71. The molecule has 0 saturated carbocycles. The molecule has 1 N–H and O–H groups in total. The van der Waals surface area contributed by atoms with Gasteiger partial charge in [-0.3, -0.25) is 4.79 Å². The first-order valence-corrected chi connectivity index (χ1v) is 9.35. The molecule has 0 fully saturated rings. The summed E-state index contributed by atoms with van der Waals surface area (Å²) in [4.78, 5) is 27.8. The molecular formula is C23H21N3O3. The number of carbonyl (C=O) groups excluding carboxylic acids is 1. The molecule has 146 valence electrons. The Labute approximate surface area is 169 Å². The van der Waals surface area contributed by atoms with Crippen molar-refractivity contribution in [1.82, 2.24) is 14.8 Å². The molecule has 3 aromatic rings. The Hall–Kier alpha value is -3.72. The minimum Gasteiger partial charge on any atom is -0.478 e. The van der Waals surface area contributed by atoms with E-state index in [1.165, 1.54) is 0 Å². The Morgan fingerprint density at radius 1 is 1.14 bits per heavy atom. The molecule has 3 rings (SSSR count). The van der Waals surface area contributed by atoms with Crippen LogP contribution in [-0.4, -0.2) is 31.6 Å². The minimum absolute atomic E-state index is 0.105. The van der Waals surface area contributed by atoms with Crippen LogP contribution in [0.2, 0.25) is 0 Å². The van der Waals surface area contributed by atoms with E-state index in [0.717, 1.165) is 11.1 Å². The van der Waals surface area contributed by atoms with Crippen molar-refractivity contribution >= 4 is 11.8 Å². The summed E-state index contributed by atoms with van der Waals surface area (Å²) in [6.45, 7) is 2.22. The fraction of sp³-hybridized carbons (Fsp3) is 0.217. The number of terminal acetylenes is 1. The van der Waals surface area contributed by atoms with E-state index in [2.05, 4.69) is 16.0 Å². The highest BCUT2D eigenvalue weighted by atomic mass is 16.4. The summed E-state index contributed by atoms with van der Waals surface area (Å²) in [7, 11) is 0. The van der Waals surface area contributed by atoms with Crippen LogP contribution in [0, 0.1) is 12.3 Å². The number of aromatic nitrogens is 3. The van der Waals surface area contributed by atoms with Crippen LogP contribution in [0.3, 0.4) is 0 Å².